The molecule has 0 rings (SSSR count). The Morgan fingerprint density at radius 3 is 2.69 bits per heavy atom. The summed E-state index contributed by atoms with van der Waals surface area (Å²) in [4.78, 5) is 10.6. The van der Waals surface area contributed by atoms with Crippen LogP contribution in [-0.4, -0.2) is 33.8 Å². The first-order valence-corrected chi connectivity index (χ1v) is 5.32. The lowest BCUT2D eigenvalue weighted by Gasteiger charge is -2.02. The normalized spacial score (nSPS) is 10.8. The molecule has 0 amide bonds. The Labute approximate surface area is 77.8 Å². The highest BCUT2D eigenvalue weighted by Crippen LogP contribution is 1.91. The van der Waals surface area contributed by atoms with E-state index in [4.69, 9.17) is 0 Å². The summed E-state index contributed by atoms with van der Waals surface area (Å²) in [6, 6.07) is 0. The molecular formula is C7H13NO4S. The Morgan fingerprint density at radius 1 is 1.62 bits per heavy atom. The predicted octanol–water partition coefficient (Wildman–Crippen LogP) is -0.345. The van der Waals surface area contributed by atoms with Crippen LogP contribution in [0.1, 0.15) is 6.42 Å². The van der Waals surface area contributed by atoms with E-state index in [1.54, 1.807) is 0 Å². The van der Waals surface area contributed by atoms with Gasteiger partial charge in [-0.15, -0.1) is 6.58 Å². The lowest BCUT2D eigenvalue weighted by molar-refractivity contribution is -0.140. The van der Waals surface area contributed by atoms with Gasteiger partial charge >= 0.3 is 5.97 Å². The second-order valence-electron chi connectivity index (χ2n) is 2.28. The van der Waals surface area contributed by atoms with Crippen LogP contribution >= 0.6 is 0 Å². The van der Waals surface area contributed by atoms with Crippen molar-refractivity contribution in [2.75, 3.05) is 19.4 Å². The Kier molecular flexibility index (Phi) is 5.33. The van der Waals surface area contributed by atoms with Gasteiger partial charge in [0.15, 0.2) is 0 Å². The van der Waals surface area contributed by atoms with Crippen LogP contribution in [0.4, 0.5) is 0 Å². The summed E-state index contributed by atoms with van der Waals surface area (Å²) in [5.41, 5.74) is 0. The van der Waals surface area contributed by atoms with Crippen molar-refractivity contribution in [2.45, 2.75) is 6.42 Å². The fourth-order valence-corrected chi connectivity index (χ4v) is 1.53. The number of sulfonamides is 1. The Balaban J connectivity index is 3.89. The van der Waals surface area contributed by atoms with Crippen LogP contribution < -0.4 is 4.72 Å². The van der Waals surface area contributed by atoms with Crippen LogP contribution in [0.2, 0.25) is 0 Å². The van der Waals surface area contributed by atoms with E-state index in [0.29, 0.717) is 0 Å². The molecule has 0 heterocycles. The van der Waals surface area contributed by atoms with Gasteiger partial charge in [-0.1, -0.05) is 6.08 Å². The van der Waals surface area contributed by atoms with Crippen molar-refractivity contribution >= 4 is 16.0 Å². The molecule has 0 aliphatic rings. The molecular weight excluding hydrogens is 194 g/mol. The van der Waals surface area contributed by atoms with Crippen molar-refractivity contribution in [3.63, 3.8) is 0 Å². The number of methoxy groups -OCH3 is 1. The molecule has 6 heteroatoms. The molecule has 0 radical (unpaired) electrons. The zero-order valence-electron chi connectivity index (χ0n) is 7.45. The van der Waals surface area contributed by atoms with Gasteiger partial charge in [0.05, 0.1) is 19.3 Å². The molecule has 76 valence electrons. The number of hydrogen-bond donors (Lipinski definition) is 1. The van der Waals surface area contributed by atoms with Crippen LogP contribution in [0.3, 0.4) is 0 Å². The summed E-state index contributed by atoms with van der Waals surface area (Å²) in [7, 11) is -2.16. The summed E-state index contributed by atoms with van der Waals surface area (Å²) >= 11 is 0. The maximum atomic E-state index is 11.0. The first-order chi connectivity index (χ1) is 6.02. The van der Waals surface area contributed by atoms with E-state index in [1.807, 2.05) is 0 Å². The number of hydrogen-bond acceptors (Lipinski definition) is 4. The van der Waals surface area contributed by atoms with Crippen molar-refractivity contribution < 1.29 is 17.9 Å². The van der Waals surface area contributed by atoms with E-state index in [2.05, 4.69) is 16.0 Å². The first-order valence-electron chi connectivity index (χ1n) is 3.67. The average molecular weight is 207 g/mol. The molecule has 0 saturated carbocycles. The number of nitrogens with one attached hydrogen (secondary N) is 1. The Hall–Kier alpha value is -0.880. The maximum absolute atomic E-state index is 11.0. The largest absolute Gasteiger partial charge is 0.469 e. The van der Waals surface area contributed by atoms with Crippen LogP contribution in [0, 0.1) is 0 Å². The number of rotatable bonds is 6. The van der Waals surface area contributed by atoms with Gasteiger partial charge in [0.25, 0.3) is 0 Å². The second-order valence-corrected chi connectivity index (χ2v) is 4.21. The van der Waals surface area contributed by atoms with E-state index in [9.17, 15) is 13.2 Å². The minimum Gasteiger partial charge on any atom is -0.469 e. The van der Waals surface area contributed by atoms with Gasteiger partial charge in [0.1, 0.15) is 0 Å². The van der Waals surface area contributed by atoms with Crippen molar-refractivity contribution in [3.05, 3.63) is 12.7 Å². The van der Waals surface area contributed by atoms with Crippen LogP contribution in [-0.2, 0) is 19.6 Å². The molecule has 0 aromatic carbocycles. The molecule has 5 nitrogen and oxygen atoms in total. The summed E-state index contributed by atoms with van der Waals surface area (Å²) in [6.45, 7) is 3.53. The minimum atomic E-state index is -3.37. The summed E-state index contributed by atoms with van der Waals surface area (Å²) in [5, 5.41) is 0. The molecule has 0 unspecified atom stereocenters. The highest BCUT2D eigenvalue weighted by Gasteiger charge is 2.11. The van der Waals surface area contributed by atoms with Gasteiger partial charge in [-0.05, 0) is 0 Å². The Bertz CT molecular complexity index is 270. The SMILES string of the molecule is C=CCNS(=O)(=O)CCC(=O)OC. The zero-order chi connectivity index (χ0) is 10.3. The van der Waals surface area contributed by atoms with Gasteiger partial charge in [-0.25, -0.2) is 13.1 Å². The molecule has 13 heavy (non-hydrogen) atoms. The average Bonchev–Trinajstić information content (AvgIpc) is 2.11. The predicted molar refractivity (Wildman–Crippen MR) is 48.6 cm³/mol. The van der Waals surface area contributed by atoms with Crippen molar-refractivity contribution in [3.8, 4) is 0 Å². The molecule has 0 aliphatic heterocycles. The fraction of sp³-hybridized carbons (Fsp3) is 0.571. The molecule has 0 atom stereocenters. The molecule has 0 fully saturated rings. The van der Waals surface area contributed by atoms with Gasteiger partial charge in [0.2, 0.25) is 10.0 Å². The van der Waals surface area contributed by atoms with E-state index in [-0.39, 0.29) is 18.7 Å². The van der Waals surface area contributed by atoms with Gasteiger partial charge in [-0.2, -0.15) is 0 Å². The number of esters is 1. The minimum absolute atomic E-state index is 0.136. The smallest absolute Gasteiger partial charge is 0.306 e. The van der Waals surface area contributed by atoms with E-state index >= 15 is 0 Å². The lowest BCUT2D eigenvalue weighted by atomic mass is 10.5. The summed E-state index contributed by atoms with van der Waals surface area (Å²) in [5.74, 6) is -0.794. The molecule has 0 saturated heterocycles. The fourth-order valence-electron chi connectivity index (χ4n) is 0.578. The molecule has 0 aromatic heterocycles. The monoisotopic (exact) mass is 207 g/mol. The van der Waals surface area contributed by atoms with Gasteiger partial charge < -0.3 is 4.74 Å². The highest BCUT2D eigenvalue weighted by molar-refractivity contribution is 7.89. The van der Waals surface area contributed by atoms with E-state index in [1.165, 1.54) is 13.2 Å². The third-order valence-electron chi connectivity index (χ3n) is 1.25. The summed E-state index contributed by atoms with van der Waals surface area (Å²) < 4.78 is 28.6. The topological polar surface area (TPSA) is 72.5 Å². The van der Waals surface area contributed by atoms with Crippen molar-refractivity contribution in [1.82, 2.24) is 4.72 Å². The quantitative estimate of drug-likeness (QED) is 0.477. The maximum Gasteiger partial charge on any atom is 0.306 e. The number of carbonyl (C=O) groups excluding carboxylic acids is 1. The third kappa shape index (κ3) is 6.30. The lowest BCUT2D eigenvalue weighted by Crippen LogP contribution is -2.27. The molecule has 1 N–H and O–H groups in total. The first kappa shape index (κ1) is 12.1. The van der Waals surface area contributed by atoms with E-state index in [0.717, 1.165) is 0 Å². The third-order valence-corrected chi connectivity index (χ3v) is 2.60. The molecule has 0 spiro atoms. The van der Waals surface area contributed by atoms with E-state index < -0.39 is 16.0 Å². The van der Waals surface area contributed by atoms with Crippen molar-refractivity contribution in [2.24, 2.45) is 0 Å². The van der Waals surface area contributed by atoms with Crippen LogP contribution in [0.25, 0.3) is 0 Å². The van der Waals surface area contributed by atoms with Crippen LogP contribution in [0.15, 0.2) is 12.7 Å². The standard InChI is InChI=1S/C7H13NO4S/c1-3-5-8-13(10,11)6-4-7(9)12-2/h3,8H,1,4-6H2,2H3. The highest BCUT2D eigenvalue weighted by atomic mass is 32.2. The van der Waals surface area contributed by atoms with Crippen molar-refractivity contribution in [1.29, 1.82) is 0 Å². The molecule has 0 aromatic rings. The molecule has 0 bridgehead atoms. The molecule has 0 aliphatic carbocycles. The Morgan fingerprint density at radius 2 is 2.23 bits per heavy atom. The number of ether oxygens (including phenoxy) is 1. The summed E-state index contributed by atoms with van der Waals surface area (Å²) in [6.07, 6.45) is 1.29. The second kappa shape index (κ2) is 5.71. The van der Waals surface area contributed by atoms with Gasteiger partial charge in [0, 0.05) is 6.54 Å². The number of carbonyl (C=O) groups is 1. The zero-order valence-corrected chi connectivity index (χ0v) is 8.26. The van der Waals surface area contributed by atoms with Crippen LogP contribution in [0.5, 0.6) is 0 Å². The van der Waals surface area contributed by atoms with Gasteiger partial charge in [-0.3, -0.25) is 4.79 Å².